The predicted molar refractivity (Wildman–Crippen MR) is 129 cm³/mol. The first-order valence-electron chi connectivity index (χ1n) is 9.92. The first kappa shape index (κ1) is 21.2. The number of carbonyl (C=O) groups excluding carboxylic acids is 1. The van der Waals surface area contributed by atoms with Gasteiger partial charge in [-0.25, -0.2) is 4.98 Å². The van der Waals surface area contributed by atoms with Crippen molar-refractivity contribution in [3.8, 4) is 10.4 Å². The number of aliphatic hydroxyl groups excluding tert-OH is 1. The van der Waals surface area contributed by atoms with Gasteiger partial charge in [0.05, 0.1) is 33.7 Å². The number of anilines is 1. The number of thiazole rings is 1. The first-order valence-corrected chi connectivity index (χ1v) is 10.7. The first-order chi connectivity index (χ1) is 15.6. The Kier molecular flexibility index (Phi) is 6.23. The zero-order valence-corrected chi connectivity index (χ0v) is 18.4. The molecule has 0 bridgehead atoms. The van der Waals surface area contributed by atoms with Crippen LogP contribution in [0.15, 0.2) is 66.6 Å². The Bertz CT molecular complexity index is 1350. The molecule has 3 heterocycles. The number of hydrogen-bond acceptors (Lipinski definition) is 6. The normalized spacial score (nSPS) is 12.2. The van der Waals surface area contributed by atoms with Crippen molar-refractivity contribution in [2.24, 2.45) is 0 Å². The van der Waals surface area contributed by atoms with E-state index in [1.54, 1.807) is 19.2 Å². The summed E-state index contributed by atoms with van der Waals surface area (Å²) in [6, 6.07) is 11.8. The number of allylic oxidation sites excluding steroid dienone is 1. The Morgan fingerprint density at radius 3 is 2.84 bits per heavy atom. The number of benzene rings is 1. The van der Waals surface area contributed by atoms with Gasteiger partial charge in [0.25, 0.3) is 5.91 Å². The maximum atomic E-state index is 12.3. The number of rotatable bonds is 6. The zero-order chi connectivity index (χ0) is 22.5. The van der Waals surface area contributed by atoms with Gasteiger partial charge in [0.2, 0.25) is 0 Å². The number of aryl methyl sites for hydroxylation is 1. The minimum atomic E-state index is -0.327. The van der Waals surface area contributed by atoms with Crippen LogP contribution in [-0.2, 0) is 4.79 Å². The van der Waals surface area contributed by atoms with Gasteiger partial charge >= 0.3 is 0 Å². The van der Waals surface area contributed by atoms with Crippen molar-refractivity contribution in [3.05, 3.63) is 83.7 Å². The highest BCUT2D eigenvalue weighted by atomic mass is 32.1. The standard InChI is InChI=1S/C24H21N5O2S/c1-3-16(11-13-30)23(31)27-24-26-15(2)22(32-24)17-7-9-19-20(28-29-21(19)14-17)10-8-18-6-4-5-12-25-18/h3-14,30H,1-2H3,(H,28,29)(H,26,27,31)/b10-8+,13-11-,16-3+. The highest BCUT2D eigenvalue weighted by Crippen LogP contribution is 2.34. The monoisotopic (exact) mass is 443 g/mol. The van der Waals surface area contributed by atoms with Crippen LogP contribution in [0, 0.1) is 6.92 Å². The van der Waals surface area contributed by atoms with Crippen molar-refractivity contribution in [2.75, 3.05) is 5.32 Å². The number of hydrogen-bond donors (Lipinski definition) is 3. The number of H-pyrrole nitrogens is 1. The molecule has 0 aliphatic heterocycles. The molecule has 160 valence electrons. The molecule has 0 saturated carbocycles. The van der Waals surface area contributed by atoms with E-state index in [0.717, 1.165) is 44.7 Å². The fourth-order valence-corrected chi connectivity index (χ4v) is 4.18. The molecule has 0 saturated heterocycles. The third-order valence-electron chi connectivity index (χ3n) is 4.80. The van der Waals surface area contributed by atoms with Crippen molar-refractivity contribution in [3.63, 3.8) is 0 Å². The minimum absolute atomic E-state index is 0.327. The third kappa shape index (κ3) is 4.50. The summed E-state index contributed by atoms with van der Waals surface area (Å²) in [6.45, 7) is 3.64. The van der Waals surface area contributed by atoms with Gasteiger partial charge in [-0.05, 0) is 61.9 Å². The number of aromatic amines is 1. The van der Waals surface area contributed by atoms with E-state index in [1.165, 1.54) is 17.4 Å². The minimum Gasteiger partial charge on any atom is -0.516 e. The second kappa shape index (κ2) is 9.40. The van der Waals surface area contributed by atoms with E-state index >= 15 is 0 Å². The average Bonchev–Trinajstić information content (AvgIpc) is 3.38. The molecule has 0 atom stereocenters. The number of nitrogens with zero attached hydrogens (tertiary/aromatic N) is 3. The lowest BCUT2D eigenvalue weighted by atomic mass is 10.1. The highest BCUT2D eigenvalue weighted by molar-refractivity contribution is 7.19. The average molecular weight is 444 g/mol. The Balaban J connectivity index is 1.58. The van der Waals surface area contributed by atoms with Crippen molar-refractivity contribution >= 4 is 45.4 Å². The molecule has 3 aromatic heterocycles. The Morgan fingerprint density at radius 1 is 1.22 bits per heavy atom. The maximum absolute atomic E-state index is 12.3. The van der Waals surface area contributed by atoms with Gasteiger partial charge in [0.1, 0.15) is 0 Å². The summed E-state index contributed by atoms with van der Waals surface area (Å²) in [5.74, 6) is -0.327. The molecule has 7 nitrogen and oxygen atoms in total. The van der Waals surface area contributed by atoms with Gasteiger partial charge in [0, 0.05) is 17.2 Å². The molecule has 0 aliphatic carbocycles. The Labute approximate surface area is 188 Å². The number of aliphatic hydroxyl groups is 1. The van der Waals surface area contributed by atoms with Crippen LogP contribution in [-0.4, -0.2) is 31.2 Å². The van der Waals surface area contributed by atoms with Gasteiger partial charge < -0.3 is 5.11 Å². The van der Waals surface area contributed by atoms with Crippen LogP contribution in [0.1, 0.15) is 24.0 Å². The quantitative estimate of drug-likeness (QED) is 0.207. The summed E-state index contributed by atoms with van der Waals surface area (Å²) in [7, 11) is 0. The molecule has 0 radical (unpaired) electrons. The van der Waals surface area contributed by atoms with Gasteiger partial charge in [0.15, 0.2) is 5.13 Å². The fraction of sp³-hybridized carbons (Fsp3) is 0.0833. The predicted octanol–water partition coefficient (Wildman–Crippen LogP) is 5.52. The molecule has 32 heavy (non-hydrogen) atoms. The van der Waals surface area contributed by atoms with Gasteiger partial charge in [-0.15, -0.1) is 0 Å². The topological polar surface area (TPSA) is 104 Å². The second-order valence-corrected chi connectivity index (χ2v) is 7.90. The highest BCUT2D eigenvalue weighted by Gasteiger charge is 2.14. The summed E-state index contributed by atoms with van der Waals surface area (Å²) >= 11 is 1.40. The maximum Gasteiger partial charge on any atom is 0.257 e. The zero-order valence-electron chi connectivity index (χ0n) is 17.5. The summed E-state index contributed by atoms with van der Waals surface area (Å²) in [4.78, 5) is 22.1. The van der Waals surface area contributed by atoms with Crippen LogP contribution >= 0.6 is 11.3 Å². The molecule has 0 unspecified atom stereocenters. The smallest absolute Gasteiger partial charge is 0.257 e. The van der Waals surface area contributed by atoms with Gasteiger partial charge in [-0.3, -0.25) is 20.2 Å². The van der Waals surface area contributed by atoms with E-state index in [9.17, 15) is 4.79 Å². The van der Waals surface area contributed by atoms with E-state index in [2.05, 4.69) is 25.5 Å². The van der Waals surface area contributed by atoms with Crippen molar-refractivity contribution in [1.82, 2.24) is 20.2 Å². The van der Waals surface area contributed by atoms with E-state index in [1.807, 2.05) is 55.5 Å². The molecular weight excluding hydrogens is 422 g/mol. The number of nitrogens with one attached hydrogen (secondary N) is 2. The summed E-state index contributed by atoms with van der Waals surface area (Å²) < 4.78 is 0. The molecule has 0 aliphatic rings. The molecule has 8 heteroatoms. The lowest BCUT2D eigenvalue weighted by Crippen LogP contribution is -2.12. The number of amides is 1. The molecule has 4 rings (SSSR count). The lowest BCUT2D eigenvalue weighted by molar-refractivity contribution is -0.112. The molecule has 0 fully saturated rings. The molecule has 4 aromatic rings. The van der Waals surface area contributed by atoms with Gasteiger partial charge in [-0.1, -0.05) is 29.5 Å². The van der Waals surface area contributed by atoms with Crippen LogP contribution in [0.2, 0.25) is 0 Å². The third-order valence-corrected chi connectivity index (χ3v) is 5.92. The molecule has 0 spiro atoms. The van der Waals surface area contributed by atoms with Crippen molar-refractivity contribution in [2.45, 2.75) is 13.8 Å². The van der Waals surface area contributed by atoms with Gasteiger partial charge in [-0.2, -0.15) is 5.10 Å². The van der Waals surface area contributed by atoms with E-state index in [-0.39, 0.29) is 5.91 Å². The van der Waals surface area contributed by atoms with Crippen LogP contribution in [0.4, 0.5) is 5.13 Å². The molecular formula is C24H21N5O2S. The molecule has 1 aromatic carbocycles. The fourth-order valence-electron chi connectivity index (χ4n) is 3.22. The van der Waals surface area contributed by atoms with Crippen LogP contribution in [0.3, 0.4) is 0 Å². The van der Waals surface area contributed by atoms with Crippen LogP contribution < -0.4 is 5.32 Å². The number of fused-ring (bicyclic) bond motifs is 1. The molecule has 3 N–H and O–H groups in total. The Hall–Kier alpha value is -4.04. The summed E-state index contributed by atoms with van der Waals surface area (Å²) in [6.07, 6.45) is 9.42. The van der Waals surface area contributed by atoms with Crippen molar-refractivity contribution in [1.29, 1.82) is 0 Å². The number of aromatic nitrogens is 4. The second-order valence-electron chi connectivity index (χ2n) is 6.90. The van der Waals surface area contributed by atoms with Crippen LogP contribution in [0.5, 0.6) is 0 Å². The van der Waals surface area contributed by atoms with E-state index in [4.69, 9.17) is 5.11 Å². The summed E-state index contributed by atoms with van der Waals surface area (Å²) in [5, 5.41) is 20.7. The largest absolute Gasteiger partial charge is 0.516 e. The number of pyridine rings is 1. The Morgan fingerprint density at radius 2 is 2.09 bits per heavy atom. The number of carbonyl (C=O) groups is 1. The SMILES string of the molecule is C/C=C(\C=C/O)C(=O)Nc1nc(C)c(-c2ccc3c(/C=C/c4ccccn4)n[nH]c3c2)s1. The van der Waals surface area contributed by atoms with Crippen LogP contribution in [0.25, 0.3) is 33.5 Å². The lowest BCUT2D eigenvalue weighted by Gasteiger charge is -2.01. The van der Waals surface area contributed by atoms with Crippen molar-refractivity contribution < 1.29 is 9.90 Å². The van der Waals surface area contributed by atoms with E-state index in [0.29, 0.717) is 10.7 Å². The van der Waals surface area contributed by atoms with E-state index < -0.39 is 0 Å². The summed E-state index contributed by atoms with van der Waals surface area (Å²) in [5.41, 5.74) is 4.77. The molecule has 1 amide bonds.